The average Bonchev–Trinajstić information content (AvgIpc) is 3.18. The van der Waals surface area contributed by atoms with Gasteiger partial charge in [0.25, 0.3) is 5.91 Å². The molecule has 5 heteroatoms. The number of furan rings is 1. The molecule has 3 rings (SSSR count). The fourth-order valence-electron chi connectivity index (χ4n) is 2.51. The first-order chi connectivity index (χ1) is 12.3. The van der Waals surface area contributed by atoms with Crippen molar-refractivity contribution in [3.05, 3.63) is 84.1 Å². The Kier molecular flexibility index (Phi) is 5.82. The Hall–Kier alpha value is -3.08. The predicted molar refractivity (Wildman–Crippen MR) is 97.4 cm³/mol. The first-order valence-corrected chi connectivity index (χ1v) is 8.36. The minimum Gasteiger partial charge on any atom is -0.467 e. The molecule has 2 heterocycles. The molecule has 1 aromatic carbocycles. The number of aromatic nitrogens is 1. The second-order valence-corrected chi connectivity index (χ2v) is 5.71. The third kappa shape index (κ3) is 5.21. The van der Waals surface area contributed by atoms with Crippen LogP contribution in [-0.4, -0.2) is 17.4 Å². The van der Waals surface area contributed by atoms with E-state index in [-0.39, 0.29) is 5.91 Å². The van der Waals surface area contributed by atoms with Crippen LogP contribution in [-0.2, 0) is 13.0 Å². The summed E-state index contributed by atoms with van der Waals surface area (Å²) < 4.78 is 5.20. The van der Waals surface area contributed by atoms with Crippen molar-refractivity contribution in [2.24, 2.45) is 0 Å². The molecule has 2 N–H and O–H groups in total. The van der Waals surface area contributed by atoms with Gasteiger partial charge in [-0.1, -0.05) is 30.3 Å². The Morgan fingerprint density at radius 1 is 1.08 bits per heavy atom. The van der Waals surface area contributed by atoms with E-state index in [9.17, 15) is 4.79 Å². The highest BCUT2D eigenvalue weighted by Gasteiger charge is 2.08. The van der Waals surface area contributed by atoms with Crippen LogP contribution in [0.5, 0.6) is 0 Å². The Morgan fingerprint density at radius 3 is 2.76 bits per heavy atom. The van der Waals surface area contributed by atoms with Gasteiger partial charge in [0.2, 0.25) is 0 Å². The second-order valence-electron chi connectivity index (χ2n) is 5.71. The third-order valence-electron chi connectivity index (χ3n) is 3.81. The Morgan fingerprint density at radius 2 is 1.96 bits per heavy atom. The SMILES string of the molecule is O=C(NCc1ccco1)c1cc(NCCCc2ccccc2)ccn1. The van der Waals surface area contributed by atoms with E-state index in [2.05, 4.69) is 39.9 Å². The number of aryl methyl sites for hydroxylation is 1. The lowest BCUT2D eigenvalue weighted by atomic mass is 10.1. The maximum atomic E-state index is 12.2. The maximum Gasteiger partial charge on any atom is 0.270 e. The summed E-state index contributed by atoms with van der Waals surface area (Å²) >= 11 is 0. The lowest BCUT2D eigenvalue weighted by molar-refractivity contribution is 0.0943. The third-order valence-corrected chi connectivity index (χ3v) is 3.81. The molecule has 0 saturated heterocycles. The van der Waals surface area contributed by atoms with E-state index in [1.165, 1.54) is 5.56 Å². The molecule has 2 aromatic heterocycles. The molecule has 0 spiro atoms. The molecule has 128 valence electrons. The van der Waals surface area contributed by atoms with Crippen molar-refractivity contribution in [1.82, 2.24) is 10.3 Å². The zero-order chi connectivity index (χ0) is 17.3. The summed E-state index contributed by atoms with van der Waals surface area (Å²) in [6.45, 7) is 1.19. The summed E-state index contributed by atoms with van der Waals surface area (Å²) in [6.07, 6.45) is 5.27. The summed E-state index contributed by atoms with van der Waals surface area (Å²) in [7, 11) is 0. The van der Waals surface area contributed by atoms with Crippen LogP contribution < -0.4 is 10.6 Å². The smallest absolute Gasteiger partial charge is 0.270 e. The van der Waals surface area contributed by atoms with Gasteiger partial charge in [0, 0.05) is 18.4 Å². The molecule has 5 nitrogen and oxygen atoms in total. The van der Waals surface area contributed by atoms with E-state index in [0.29, 0.717) is 18.0 Å². The fourth-order valence-corrected chi connectivity index (χ4v) is 2.51. The summed E-state index contributed by atoms with van der Waals surface area (Å²) in [5, 5.41) is 6.14. The summed E-state index contributed by atoms with van der Waals surface area (Å²) in [4.78, 5) is 16.3. The molecule has 25 heavy (non-hydrogen) atoms. The molecule has 0 aliphatic carbocycles. The van der Waals surface area contributed by atoms with Crippen LogP contribution in [0.25, 0.3) is 0 Å². The number of anilines is 1. The van der Waals surface area contributed by atoms with Crippen molar-refractivity contribution in [1.29, 1.82) is 0 Å². The Labute approximate surface area is 147 Å². The molecule has 3 aromatic rings. The van der Waals surface area contributed by atoms with Gasteiger partial charge >= 0.3 is 0 Å². The van der Waals surface area contributed by atoms with Gasteiger partial charge in [-0.2, -0.15) is 0 Å². The molecule has 1 amide bonds. The van der Waals surface area contributed by atoms with Gasteiger partial charge in [0.1, 0.15) is 11.5 Å². The summed E-state index contributed by atoms with van der Waals surface area (Å²) in [5.74, 6) is 0.493. The van der Waals surface area contributed by atoms with Crippen LogP contribution in [0.1, 0.15) is 28.2 Å². The molecular formula is C20H21N3O2. The zero-order valence-corrected chi connectivity index (χ0v) is 13.9. The number of carbonyl (C=O) groups is 1. The molecule has 0 aliphatic rings. The highest BCUT2D eigenvalue weighted by atomic mass is 16.3. The molecule has 0 bridgehead atoms. The van der Waals surface area contributed by atoms with E-state index < -0.39 is 0 Å². The van der Waals surface area contributed by atoms with Crippen LogP contribution in [0, 0.1) is 0 Å². The van der Waals surface area contributed by atoms with Crippen LogP contribution in [0.15, 0.2) is 71.5 Å². The van der Waals surface area contributed by atoms with Crippen molar-refractivity contribution < 1.29 is 9.21 Å². The fraction of sp³-hybridized carbons (Fsp3) is 0.200. The van der Waals surface area contributed by atoms with Gasteiger partial charge in [-0.3, -0.25) is 9.78 Å². The minimum atomic E-state index is -0.218. The zero-order valence-electron chi connectivity index (χ0n) is 13.9. The van der Waals surface area contributed by atoms with Crippen molar-refractivity contribution >= 4 is 11.6 Å². The molecule has 0 fully saturated rings. The highest BCUT2D eigenvalue weighted by molar-refractivity contribution is 5.93. The number of hydrogen-bond donors (Lipinski definition) is 2. The van der Waals surface area contributed by atoms with Crippen molar-refractivity contribution in [3.63, 3.8) is 0 Å². The number of nitrogens with one attached hydrogen (secondary N) is 2. The molecule has 0 saturated carbocycles. The highest BCUT2D eigenvalue weighted by Crippen LogP contribution is 2.09. The van der Waals surface area contributed by atoms with Gasteiger partial charge < -0.3 is 15.1 Å². The van der Waals surface area contributed by atoms with Crippen LogP contribution in [0.3, 0.4) is 0 Å². The van der Waals surface area contributed by atoms with Gasteiger partial charge in [0.05, 0.1) is 12.8 Å². The van der Waals surface area contributed by atoms with Gasteiger partial charge in [0.15, 0.2) is 0 Å². The van der Waals surface area contributed by atoms with Crippen molar-refractivity contribution in [2.45, 2.75) is 19.4 Å². The van der Waals surface area contributed by atoms with E-state index in [1.807, 2.05) is 18.2 Å². The van der Waals surface area contributed by atoms with E-state index >= 15 is 0 Å². The molecule has 0 radical (unpaired) electrons. The molecule has 0 unspecified atom stereocenters. The number of carbonyl (C=O) groups excluding carboxylic acids is 1. The van der Waals surface area contributed by atoms with E-state index in [0.717, 1.165) is 25.1 Å². The molecule has 0 aliphatic heterocycles. The molecular weight excluding hydrogens is 314 g/mol. The van der Waals surface area contributed by atoms with Crippen LogP contribution in [0.4, 0.5) is 5.69 Å². The Bertz CT molecular complexity index is 786. The summed E-state index contributed by atoms with van der Waals surface area (Å²) in [6, 6.07) is 17.6. The average molecular weight is 335 g/mol. The predicted octanol–water partition coefficient (Wildman–Crippen LogP) is 3.65. The van der Waals surface area contributed by atoms with Gasteiger partial charge in [-0.25, -0.2) is 0 Å². The van der Waals surface area contributed by atoms with Crippen molar-refractivity contribution in [3.8, 4) is 0 Å². The lowest BCUT2D eigenvalue weighted by Crippen LogP contribution is -2.23. The van der Waals surface area contributed by atoms with Gasteiger partial charge in [-0.15, -0.1) is 0 Å². The van der Waals surface area contributed by atoms with Gasteiger partial charge in [-0.05, 0) is 42.7 Å². The number of nitrogens with zero attached hydrogens (tertiary/aromatic N) is 1. The van der Waals surface area contributed by atoms with Crippen LogP contribution in [0.2, 0.25) is 0 Å². The standard InChI is InChI=1S/C20H21N3O2/c24-20(23-15-18-9-5-13-25-18)19-14-17(10-12-22-19)21-11-4-8-16-6-2-1-3-7-16/h1-3,5-7,9-10,12-14H,4,8,11,15H2,(H,21,22)(H,23,24). The Balaban J connectivity index is 1.46. The first-order valence-electron chi connectivity index (χ1n) is 8.36. The first kappa shape index (κ1) is 16.8. The quantitative estimate of drug-likeness (QED) is 0.617. The minimum absolute atomic E-state index is 0.218. The number of rotatable bonds is 8. The maximum absolute atomic E-state index is 12.2. The second kappa shape index (κ2) is 8.68. The topological polar surface area (TPSA) is 67.2 Å². The van der Waals surface area contributed by atoms with Crippen molar-refractivity contribution in [2.75, 3.05) is 11.9 Å². The monoisotopic (exact) mass is 335 g/mol. The largest absolute Gasteiger partial charge is 0.467 e. The molecule has 0 atom stereocenters. The number of amides is 1. The van der Waals surface area contributed by atoms with E-state index in [4.69, 9.17) is 4.42 Å². The lowest BCUT2D eigenvalue weighted by Gasteiger charge is -2.08. The number of benzene rings is 1. The summed E-state index contributed by atoms with van der Waals surface area (Å²) in [5.41, 5.74) is 2.61. The normalized spacial score (nSPS) is 10.4. The van der Waals surface area contributed by atoms with Crippen LogP contribution >= 0.6 is 0 Å². The number of pyridine rings is 1. The van der Waals surface area contributed by atoms with E-state index in [1.54, 1.807) is 24.6 Å². The number of hydrogen-bond acceptors (Lipinski definition) is 4.